The first-order valence-corrected chi connectivity index (χ1v) is 10.3. The Labute approximate surface area is 192 Å². The minimum absolute atomic E-state index is 0.000195. The summed E-state index contributed by atoms with van der Waals surface area (Å²) >= 11 is 3.42. The Morgan fingerprint density at radius 2 is 1.94 bits per heavy atom. The van der Waals surface area contributed by atoms with E-state index in [1.54, 1.807) is 0 Å². The SMILES string of the molecule is N#CNC1=NC(c2cccc(OCc3ccc(Br)cc3)c2)c2c(nc(N)c(C#N)c2N)N1. The molecule has 1 aliphatic heterocycles. The molecule has 0 saturated heterocycles. The predicted molar refractivity (Wildman–Crippen MR) is 124 cm³/mol. The minimum Gasteiger partial charge on any atom is -0.489 e. The van der Waals surface area contributed by atoms with Crippen LogP contribution >= 0.6 is 15.9 Å². The van der Waals surface area contributed by atoms with Crippen LogP contribution in [0.15, 0.2) is 58.0 Å². The maximum Gasteiger partial charge on any atom is 0.211 e. The molecule has 2 aromatic carbocycles. The van der Waals surface area contributed by atoms with Gasteiger partial charge in [-0.05, 0) is 35.4 Å². The van der Waals surface area contributed by atoms with Gasteiger partial charge < -0.3 is 21.5 Å². The molecule has 9 nitrogen and oxygen atoms in total. The fourth-order valence-electron chi connectivity index (χ4n) is 3.34. The largest absolute Gasteiger partial charge is 0.489 e. The number of guanidine groups is 1. The number of halogens is 1. The molecule has 0 radical (unpaired) electrons. The average Bonchev–Trinajstić information content (AvgIpc) is 2.79. The Morgan fingerprint density at radius 3 is 2.66 bits per heavy atom. The second kappa shape index (κ2) is 8.84. The zero-order chi connectivity index (χ0) is 22.7. The van der Waals surface area contributed by atoms with Crippen LogP contribution in [0.3, 0.4) is 0 Å². The van der Waals surface area contributed by atoms with E-state index in [1.807, 2.05) is 60.8 Å². The van der Waals surface area contributed by atoms with Gasteiger partial charge in [-0.25, -0.2) is 9.98 Å². The number of nitrogens with one attached hydrogen (secondary N) is 2. The van der Waals surface area contributed by atoms with Crippen molar-refractivity contribution >= 4 is 39.2 Å². The van der Waals surface area contributed by atoms with Gasteiger partial charge in [-0.1, -0.05) is 40.2 Å². The fraction of sp³-hybridized carbons (Fsp3) is 0.0909. The van der Waals surface area contributed by atoms with Crippen molar-refractivity contribution in [2.45, 2.75) is 12.6 Å². The number of anilines is 3. The second-order valence-corrected chi connectivity index (χ2v) is 7.81. The van der Waals surface area contributed by atoms with Crippen LogP contribution in [0.4, 0.5) is 17.3 Å². The topological polar surface area (TPSA) is 158 Å². The number of aromatic nitrogens is 1. The Bertz CT molecular complexity index is 1290. The molecule has 32 heavy (non-hydrogen) atoms. The van der Waals surface area contributed by atoms with Gasteiger partial charge in [0.25, 0.3) is 0 Å². The number of pyridine rings is 1. The Kier molecular flexibility index (Phi) is 5.79. The Hall–Kier alpha value is -4.28. The summed E-state index contributed by atoms with van der Waals surface area (Å²) in [6.07, 6.45) is 1.83. The summed E-state index contributed by atoms with van der Waals surface area (Å²) in [5, 5.41) is 23.9. The summed E-state index contributed by atoms with van der Waals surface area (Å²) in [6, 6.07) is 16.6. The molecule has 1 aromatic heterocycles. The van der Waals surface area contributed by atoms with Crippen LogP contribution < -0.4 is 26.8 Å². The number of hydrogen-bond acceptors (Lipinski definition) is 9. The first-order chi connectivity index (χ1) is 15.5. The van der Waals surface area contributed by atoms with Gasteiger partial charge >= 0.3 is 0 Å². The van der Waals surface area contributed by atoms with Gasteiger partial charge in [0.1, 0.15) is 41.7 Å². The highest BCUT2D eigenvalue weighted by Crippen LogP contribution is 2.41. The zero-order valence-corrected chi connectivity index (χ0v) is 18.2. The summed E-state index contributed by atoms with van der Waals surface area (Å²) in [6.45, 7) is 0.392. The monoisotopic (exact) mass is 488 g/mol. The van der Waals surface area contributed by atoms with Crippen LogP contribution in [0, 0.1) is 22.8 Å². The third-order valence-corrected chi connectivity index (χ3v) is 5.38. The van der Waals surface area contributed by atoms with Gasteiger partial charge in [-0.3, -0.25) is 5.32 Å². The Balaban J connectivity index is 1.71. The third-order valence-electron chi connectivity index (χ3n) is 4.85. The molecule has 0 amide bonds. The average molecular weight is 489 g/mol. The molecule has 2 heterocycles. The number of nitrogens with zero attached hydrogens (tertiary/aromatic N) is 4. The van der Waals surface area contributed by atoms with E-state index < -0.39 is 6.04 Å². The maximum absolute atomic E-state index is 9.45. The van der Waals surface area contributed by atoms with E-state index in [1.165, 1.54) is 0 Å². The van der Waals surface area contributed by atoms with Crippen molar-refractivity contribution in [2.75, 3.05) is 16.8 Å². The standard InChI is InChI=1S/C22H17BrN8O/c23-14-6-4-12(5-7-14)10-32-15-3-1-2-13(8-15)19-17-18(26)16(9-24)20(27)30-21(17)31-22(29-19)28-11-25/h1-8,19H,10H2,(H6,26,27,28,29,30,31). The van der Waals surface area contributed by atoms with Crippen molar-refractivity contribution in [1.29, 1.82) is 10.5 Å². The molecule has 0 fully saturated rings. The lowest BCUT2D eigenvalue weighted by Crippen LogP contribution is -2.32. The van der Waals surface area contributed by atoms with Crippen LogP contribution in [0.1, 0.15) is 28.3 Å². The highest BCUT2D eigenvalue weighted by Gasteiger charge is 2.29. The molecule has 158 valence electrons. The molecule has 10 heteroatoms. The molecule has 3 aromatic rings. The molecule has 1 aliphatic rings. The molecule has 1 unspecified atom stereocenters. The van der Waals surface area contributed by atoms with E-state index in [0.717, 1.165) is 15.6 Å². The van der Waals surface area contributed by atoms with E-state index in [4.69, 9.17) is 21.5 Å². The molecule has 6 N–H and O–H groups in total. The maximum atomic E-state index is 9.45. The molecule has 0 saturated carbocycles. The van der Waals surface area contributed by atoms with E-state index in [2.05, 4.69) is 36.5 Å². The number of ether oxygens (including phenoxy) is 1. The smallest absolute Gasteiger partial charge is 0.211 e. The number of hydrogen-bond donors (Lipinski definition) is 4. The van der Waals surface area contributed by atoms with Gasteiger partial charge in [0.2, 0.25) is 5.96 Å². The van der Waals surface area contributed by atoms with Crippen molar-refractivity contribution in [3.63, 3.8) is 0 Å². The number of benzene rings is 2. The molecule has 4 rings (SSSR count). The van der Waals surface area contributed by atoms with Crippen LogP contribution in [-0.2, 0) is 6.61 Å². The van der Waals surface area contributed by atoms with Gasteiger partial charge in [0.05, 0.1) is 5.69 Å². The van der Waals surface area contributed by atoms with E-state index in [0.29, 0.717) is 23.7 Å². The van der Waals surface area contributed by atoms with Gasteiger partial charge in [-0.15, -0.1) is 0 Å². The summed E-state index contributed by atoms with van der Waals surface area (Å²) in [4.78, 5) is 8.82. The van der Waals surface area contributed by atoms with Crippen molar-refractivity contribution in [1.82, 2.24) is 10.3 Å². The first-order valence-electron chi connectivity index (χ1n) is 9.46. The van der Waals surface area contributed by atoms with Crippen molar-refractivity contribution in [3.05, 3.63) is 75.3 Å². The van der Waals surface area contributed by atoms with E-state index in [9.17, 15) is 5.26 Å². The lowest BCUT2D eigenvalue weighted by molar-refractivity contribution is 0.306. The molecule has 0 bridgehead atoms. The molecule has 1 atom stereocenters. The normalized spacial score (nSPS) is 14.2. The highest BCUT2D eigenvalue weighted by atomic mass is 79.9. The van der Waals surface area contributed by atoms with Crippen LogP contribution in [-0.4, -0.2) is 10.9 Å². The quantitative estimate of drug-likeness (QED) is 0.321. The second-order valence-electron chi connectivity index (χ2n) is 6.89. The number of aliphatic imine (C=N–C) groups is 1. The predicted octanol–water partition coefficient (Wildman–Crippen LogP) is 3.40. The number of nitrogen functional groups attached to an aromatic ring is 2. The van der Waals surface area contributed by atoms with Crippen molar-refractivity contribution < 1.29 is 4.74 Å². The lowest BCUT2D eigenvalue weighted by atomic mass is 9.95. The molecule has 0 spiro atoms. The number of fused-ring (bicyclic) bond motifs is 1. The van der Waals surface area contributed by atoms with Gasteiger partial charge in [0.15, 0.2) is 6.19 Å². The summed E-state index contributed by atoms with van der Waals surface area (Å²) < 4.78 is 6.95. The van der Waals surface area contributed by atoms with Crippen LogP contribution in [0.5, 0.6) is 5.75 Å². The number of nitrogens with two attached hydrogens (primary N) is 2. The van der Waals surface area contributed by atoms with Crippen LogP contribution in [0.2, 0.25) is 0 Å². The zero-order valence-electron chi connectivity index (χ0n) is 16.6. The Morgan fingerprint density at radius 1 is 1.16 bits per heavy atom. The minimum atomic E-state index is -0.626. The third kappa shape index (κ3) is 4.13. The summed E-state index contributed by atoms with van der Waals surface area (Å²) in [7, 11) is 0. The van der Waals surface area contributed by atoms with E-state index in [-0.39, 0.29) is 23.0 Å². The molecular formula is C22H17BrN8O. The fourth-order valence-corrected chi connectivity index (χ4v) is 3.61. The number of rotatable bonds is 4. The lowest BCUT2D eigenvalue weighted by Gasteiger charge is -2.26. The van der Waals surface area contributed by atoms with Crippen molar-refractivity contribution in [2.24, 2.45) is 4.99 Å². The molecular weight excluding hydrogens is 472 g/mol. The van der Waals surface area contributed by atoms with E-state index >= 15 is 0 Å². The first kappa shape index (κ1) is 21.0. The highest BCUT2D eigenvalue weighted by molar-refractivity contribution is 9.10. The summed E-state index contributed by atoms with van der Waals surface area (Å²) in [5.41, 5.74) is 14.7. The van der Waals surface area contributed by atoms with Gasteiger partial charge in [-0.2, -0.15) is 10.5 Å². The summed E-state index contributed by atoms with van der Waals surface area (Å²) in [5.74, 6) is 1.16. The van der Waals surface area contributed by atoms with Crippen molar-refractivity contribution in [3.8, 4) is 18.0 Å². The number of nitriles is 2. The van der Waals surface area contributed by atoms with Gasteiger partial charge in [0, 0.05) is 10.0 Å². The molecule has 0 aliphatic carbocycles. The van der Waals surface area contributed by atoms with Crippen LogP contribution in [0.25, 0.3) is 0 Å².